The highest BCUT2D eigenvalue weighted by Gasteiger charge is 2.40. The summed E-state index contributed by atoms with van der Waals surface area (Å²) in [5, 5.41) is 30.5. The van der Waals surface area contributed by atoms with Crippen molar-refractivity contribution in [2.24, 2.45) is 11.8 Å². The third kappa shape index (κ3) is 26.4. The highest BCUT2D eigenvalue weighted by Crippen LogP contribution is 2.23. The summed E-state index contributed by atoms with van der Waals surface area (Å²) in [6, 6.07) is 4.96. The number of Topliss-reactive ketones (excluding diaryl/α,β-unsaturated/α-hetero) is 1. The maximum absolute atomic E-state index is 13.9. The number of benzene rings is 1. The lowest BCUT2D eigenvalue weighted by molar-refractivity contribution is -0.143. The lowest BCUT2D eigenvalue weighted by atomic mass is 9.90. The van der Waals surface area contributed by atoms with E-state index in [1.807, 2.05) is 62.9 Å². The molecular formula is C54H92N8O14S. The Morgan fingerprint density at radius 2 is 1.45 bits per heavy atom. The van der Waals surface area contributed by atoms with E-state index in [1.54, 1.807) is 31.8 Å². The van der Waals surface area contributed by atoms with Crippen molar-refractivity contribution in [3.05, 3.63) is 47.8 Å². The molecule has 1 fully saturated rings. The summed E-state index contributed by atoms with van der Waals surface area (Å²) < 4.78 is 61.2. The zero-order valence-electron chi connectivity index (χ0n) is 47.7. The van der Waals surface area contributed by atoms with E-state index in [0.717, 1.165) is 31.7 Å². The van der Waals surface area contributed by atoms with Crippen LogP contribution in [0.25, 0.3) is 0 Å². The first-order valence-corrected chi connectivity index (χ1v) is 28.8. The number of aromatic nitrogens is 3. The average molecular weight is 1110 g/mol. The van der Waals surface area contributed by atoms with Crippen molar-refractivity contribution in [3.8, 4) is 0 Å². The van der Waals surface area contributed by atoms with Gasteiger partial charge in [0.25, 0.3) is 10.1 Å². The first-order chi connectivity index (χ1) is 36.3. The minimum absolute atomic E-state index is 0.0398. The first-order valence-electron chi connectivity index (χ1n) is 27.2. The van der Waals surface area contributed by atoms with Crippen molar-refractivity contribution in [1.29, 1.82) is 0 Å². The lowest BCUT2D eigenvalue weighted by Crippen LogP contribution is -2.59. The van der Waals surface area contributed by atoms with Crippen LogP contribution in [0.15, 0.2) is 36.5 Å². The van der Waals surface area contributed by atoms with Crippen molar-refractivity contribution in [1.82, 2.24) is 41.2 Å². The number of aliphatic hydroxyl groups is 1. The Labute approximate surface area is 457 Å². The molecule has 1 aromatic heterocycles. The molecule has 0 radical (unpaired) electrons. The fourth-order valence-corrected chi connectivity index (χ4v) is 9.22. The lowest BCUT2D eigenvalue weighted by Gasteiger charge is -2.31. The number of aryl methyl sites for hydroxylation is 1. The van der Waals surface area contributed by atoms with Crippen LogP contribution in [0.4, 0.5) is 0 Å². The van der Waals surface area contributed by atoms with E-state index >= 15 is 0 Å². The van der Waals surface area contributed by atoms with E-state index in [1.165, 1.54) is 6.92 Å². The van der Waals surface area contributed by atoms with Gasteiger partial charge in [0.2, 0.25) is 23.6 Å². The van der Waals surface area contributed by atoms with Gasteiger partial charge in [0.15, 0.2) is 5.78 Å². The third-order valence-corrected chi connectivity index (χ3v) is 14.5. The van der Waals surface area contributed by atoms with Gasteiger partial charge in [-0.05, 0) is 103 Å². The number of carbonyl (C=O) groups is 5. The summed E-state index contributed by atoms with van der Waals surface area (Å²) in [4.78, 5) is 70.4. The molecule has 77 heavy (non-hydrogen) atoms. The van der Waals surface area contributed by atoms with Gasteiger partial charge in [0.1, 0.15) is 36.0 Å². The van der Waals surface area contributed by atoms with E-state index in [2.05, 4.69) is 45.4 Å². The molecule has 6 atom stereocenters. The molecular weight excluding hydrogens is 1020 g/mol. The average Bonchev–Trinajstić information content (AvgIpc) is 3.83. The molecule has 1 aromatic carbocycles. The Morgan fingerprint density at radius 1 is 0.805 bits per heavy atom. The summed E-state index contributed by atoms with van der Waals surface area (Å²) in [6.07, 6.45) is 5.11. The molecule has 2 heterocycles. The largest absolute Gasteiger partial charge is 0.385 e. The Bertz CT molecular complexity index is 2210. The number of amides is 4. The molecule has 0 bridgehead atoms. The first kappa shape index (κ1) is 66.8. The number of nitrogens with zero attached hydrogens (tertiary/aromatic N) is 4. The molecule has 0 aliphatic carbocycles. The maximum Gasteiger partial charge on any atom is 0.267 e. The minimum Gasteiger partial charge on any atom is -0.385 e. The van der Waals surface area contributed by atoms with Gasteiger partial charge in [0, 0.05) is 33.4 Å². The monoisotopic (exact) mass is 1110 g/mol. The number of morpholine rings is 1. The Hall–Kier alpha value is -4.46. The van der Waals surface area contributed by atoms with Crippen LogP contribution >= 0.6 is 0 Å². The quantitative estimate of drug-likeness (QED) is 0.0475. The topological polar surface area (TPSA) is 277 Å². The number of carbonyl (C=O) groups excluding carboxylic acids is 5. The summed E-state index contributed by atoms with van der Waals surface area (Å²) in [6.45, 7) is 21.6. The van der Waals surface area contributed by atoms with Crippen LogP contribution in [0, 0.1) is 11.8 Å². The summed E-state index contributed by atoms with van der Waals surface area (Å²) in [7, 11) is -2.56. The molecule has 2 aromatic rings. The van der Waals surface area contributed by atoms with E-state index in [-0.39, 0.29) is 74.4 Å². The molecule has 1 saturated heterocycles. The molecule has 1 aliphatic heterocycles. The fraction of sp³-hybridized carbons (Fsp3) is 0.759. The molecule has 438 valence electrons. The standard InChI is InChI=1S/C54H92N8O14S/c1-12-53(9,22-28-74-52(7,8)21-27-71-11)75-31-25-62-35-43(59-60-62)37-73-26-16-32-77(69,70)76-38-54(10,68)48(64)45(33-39(2)3)57-49(65)41(6)55-51(67)46(34-40(4)5)58-50(66)44(20-19-42-17-14-13-15-18-42)56-47(63)36-61-23-29-72-30-24-61/h13-15,17-18,35,39-41,44-46,68H,12,16,19-34,36-38H2,1-11H3,(H,55,67)(H,56,63)(H,57,65)(H,58,66)/t41-,44-,45-,46-,53?,54?/m0/s1. The maximum atomic E-state index is 13.9. The second kappa shape index (κ2) is 33.2. The molecule has 4 amide bonds. The number of nitrogens with one attached hydrogen (secondary N) is 4. The van der Waals surface area contributed by atoms with Crippen LogP contribution < -0.4 is 21.3 Å². The van der Waals surface area contributed by atoms with Crippen molar-refractivity contribution in [2.45, 2.75) is 175 Å². The predicted molar refractivity (Wildman–Crippen MR) is 290 cm³/mol. The van der Waals surface area contributed by atoms with Crippen LogP contribution in [-0.2, 0) is 81.5 Å². The van der Waals surface area contributed by atoms with Crippen molar-refractivity contribution >= 4 is 39.5 Å². The van der Waals surface area contributed by atoms with Gasteiger partial charge in [-0.2, -0.15) is 8.42 Å². The van der Waals surface area contributed by atoms with Gasteiger partial charge >= 0.3 is 0 Å². The number of rotatable bonds is 39. The minimum atomic E-state index is -4.23. The summed E-state index contributed by atoms with van der Waals surface area (Å²) in [5.41, 5.74) is -1.50. The Morgan fingerprint density at radius 3 is 2.10 bits per heavy atom. The van der Waals surface area contributed by atoms with Crippen molar-refractivity contribution < 1.29 is 65.4 Å². The van der Waals surface area contributed by atoms with Gasteiger partial charge in [-0.1, -0.05) is 70.2 Å². The van der Waals surface area contributed by atoms with Gasteiger partial charge in [-0.25, -0.2) is 4.68 Å². The van der Waals surface area contributed by atoms with Crippen LogP contribution in [0.3, 0.4) is 0 Å². The molecule has 1 aliphatic rings. The fourth-order valence-electron chi connectivity index (χ4n) is 8.22. The highest BCUT2D eigenvalue weighted by atomic mass is 32.2. The van der Waals surface area contributed by atoms with Gasteiger partial charge in [0.05, 0.1) is 75.3 Å². The zero-order valence-corrected chi connectivity index (χ0v) is 48.5. The molecule has 22 nitrogen and oxygen atoms in total. The normalized spacial score (nSPS) is 16.7. The SMILES string of the molecule is CCC(C)(CCOC(C)(C)CCOC)OCCn1cc(COCCCS(=O)(=O)OCC(C)(O)C(=O)[C@H](CC(C)C)NC(=O)[C@H](C)NC(=O)[C@H](CC(C)C)NC(=O)[C@H](CCc2ccccc2)NC(=O)CN2CCOCC2)nn1. The number of ketones is 1. The second-order valence-corrected chi connectivity index (χ2v) is 23.7. The number of hydrogen-bond acceptors (Lipinski definition) is 17. The van der Waals surface area contributed by atoms with Gasteiger partial charge in [-0.3, -0.25) is 33.1 Å². The number of hydrogen-bond donors (Lipinski definition) is 5. The molecule has 0 saturated carbocycles. The molecule has 23 heteroatoms. The molecule has 5 N–H and O–H groups in total. The number of ether oxygens (including phenoxy) is 5. The third-order valence-electron chi connectivity index (χ3n) is 13.2. The van der Waals surface area contributed by atoms with Gasteiger partial charge < -0.3 is 50.1 Å². The van der Waals surface area contributed by atoms with E-state index in [4.69, 9.17) is 27.9 Å². The molecule has 0 spiro atoms. The predicted octanol–water partition coefficient (Wildman–Crippen LogP) is 3.27. The smallest absolute Gasteiger partial charge is 0.267 e. The number of methoxy groups -OCH3 is 1. The van der Waals surface area contributed by atoms with E-state index in [9.17, 15) is 37.5 Å². The summed E-state index contributed by atoms with van der Waals surface area (Å²) in [5.74, 6) is -3.89. The van der Waals surface area contributed by atoms with Crippen LogP contribution in [-0.4, -0.2) is 183 Å². The molecule has 2 unspecified atom stereocenters. The Balaban J connectivity index is 1.50. The highest BCUT2D eigenvalue weighted by molar-refractivity contribution is 7.86. The molecule has 3 rings (SSSR count). The van der Waals surface area contributed by atoms with Crippen molar-refractivity contribution in [2.75, 3.05) is 78.7 Å². The summed E-state index contributed by atoms with van der Waals surface area (Å²) >= 11 is 0. The van der Waals surface area contributed by atoms with Gasteiger partial charge in [-0.15, -0.1) is 5.10 Å². The van der Waals surface area contributed by atoms with E-state index < -0.39 is 75.8 Å². The van der Waals surface area contributed by atoms with Crippen LogP contribution in [0.1, 0.15) is 125 Å². The van der Waals surface area contributed by atoms with Crippen molar-refractivity contribution in [3.63, 3.8) is 0 Å². The van der Waals surface area contributed by atoms with Crippen LogP contribution in [0.2, 0.25) is 0 Å². The van der Waals surface area contributed by atoms with Crippen LogP contribution in [0.5, 0.6) is 0 Å². The van der Waals surface area contributed by atoms with E-state index in [0.29, 0.717) is 64.8 Å². The second-order valence-electron chi connectivity index (χ2n) is 21.9. The Kier molecular flexibility index (Phi) is 28.8. The zero-order chi connectivity index (χ0) is 57.2.